The Balaban J connectivity index is 1.82. The van der Waals surface area contributed by atoms with Crippen molar-refractivity contribution >= 4 is 25.6 Å². The van der Waals surface area contributed by atoms with Gasteiger partial charge in [-0.2, -0.15) is 4.31 Å². The van der Waals surface area contributed by atoms with Crippen molar-refractivity contribution < 1.29 is 21.2 Å². The van der Waals surface area contributed by atoms with Gasteiger partial charge in [0.05, 0.1) is 9.79 Å². The molecule has 34 heavy (non-hydrogen) atoms. The second-order valence-corrected chi connectivity index (χ2v) is 11.7. The van der Waals surface area contributed by atoms with E-state index in [1.165, 1.54) is 52.8 Å². The standard InChI is InChI=1S/C25H27FN2O4S2/c1-19-4-12-24(13-5-19)33(29,30)27-16-17-28(18-21(3)22-8-10-23(26)11-9-22)34(31,32)25-14-6-20(2)7-15-25/h4-15,27H,3,16-18H2,1-2H3. The number of aryl methyl sites for hydroxylation is 2. The summed E-state index contributed by atoms with van der Waals surface area (Å²) < 4.78 is 68.9. The highest BCUT2D eigenvalue weighted by molar-refractivity contribution is 7.89. The lowest BCUT2D eigenvalue weighted by Crippen LogP contribution is -2.39. The molecule has 0 aliphatic heterocycles. The van der Waals surface area contributed by atoms with Crippen molar-refractivity contribution in [1.82, 2.24) is 9.03 Å². The number of benzene rings is 3. The van der Waals surface area contributed by atoms with E-state index in [9.17, 15) is 21.2 Å². The Morgan fingerprint density at radius 3 is 1.85 bits per heavy atom. The highest BCUT2D eigenvalue weighted by atomic mass is 32.2. The van der Waals surface area contributed by atoms with Gasteiger partial charge in [-0.25, -0.2) is 25.9 Å². The van der Waals surface area contributed by atoms with Gasteiger partial charge >= 0.3 is 0 Å². The van der Waals surface area contributed by atoms with E-state index in [4.69, 9.17) is 0 Å². The van der Waals surface area contributed by atoms with Gasteiger partial charge in [0.2, 0.25) is 20.0 Å². The molecule has 0 amide bonds. The van der Waals surface area contributed by atoms with Crippen LogP contribution in [0.2, 0.25) is 0 Å². The van der Waals surface area contributed by atoms with Crippen LogP contribution in [0.1, 0.15) is 16.7 Å². The minimum absolute atomic E-state index is 0.0892. The van der Waals surface area contributed by atoms with E-state index in [1.54, 1.807) is 24.3 Å². The maximum atomic E-state index is 13.4. The molecule has 0 atom stereocenters. The largest absolute Gasteiger partial charge is 0.243 e. The normalized spacial score (nSPS) is 12.1. The van der Waals surface area contributed by atoms with Crippen LogP contribution < -0.4 is 4.72 Å². The van der Waals surface area contributed by atoms with Gasteiger partial charge in [0.1, 0.15) is 5.82 Å². The van der Waals surface area contributed by atoms with Gasteiger partial charge in [0.25, 0.3) is 0 Å². The third kappa shape index (κ3) is 6.38. The SMILES string of the molecule is C=C(CN(CCNS(=O)(=O)c1ccc(C)cc1)S(=O)(=O)c1ccc(C)cc1)c1ccc(F)cc1. The van der Waals surface area contributed by atoms with Crippen molar-refractivity contribution in [3.63, 3.8) is 0 Å². The summed E-state index contributed by atoms with van der Waals surface area (Å²) in [6.07, 6.45) is 0. The van der Waals surface area contributed by atoms with Gasteiger partial charge in [-0.05, 0) is 61.4 Å². The second kappa shape index (κ2) is 10.6. The first-order valence-electron chi connectivity index (χ1n) is 10.6. The van der Waals surface area contributed by atoms with Crippen LogP contribution in [0.4, 0.5) is 4.39 Å². The quantitative estimate of drug-likeness (QED) is 0.452. The summed E-state index contributed by atoms with van der Waals surface area (Å²) in [5.41, 5.74) is 2.88. The summed E-state index contributed by atoms with van der Waals surface area (Å²) in [7, 11) is -7.76. The smallest absolute Gasteiger partial charge is 0.210 e. The second-order valence-electron chi connectivity index (χ2n) is 7.97. The zero-order valence-corrected chi connectivity index (χ0v) is 20.7. The Morgan fingerprint density at radius 1 is 0.824 bits per heavy atom. The molecule has 3 aromatic carbocycles. The van der Waals surface area contributed by atoms with Gasteiger partial charge in [-0.3, -0.25) is 0 Å². The highest BCUT2D eigenvalue weighted by Crippen LogP contribution is 2.21. The highest BCUT2D eigenvalue weighted by Gasteiger charge is 2.26. The van der Waals surface area contributed by atoms with E-state index < -0.39 is 25.9 Å². The minimum atomic E-state index is -3.95. The summed E-state index contributed by atoms with van der Waals surface area (Å²) >= 11 is 0. The van der Waals surface area contributed by atoms with Crippen LogP contribution in [-0.4, -0.2) is 40.8 Å². The lowest BCUT2D eigenvalue weighted by Gasteiger charge is -2.24. The summed E-state index contributed by atoms with van der Waals surface area (Å²) in [5, 5.41) is 0. The molecule has 0 unspecified atom stereocenters. The maximum Gasteiger partial charge on any atom is 0.243 e. The molecule has 0 radical (unpaired) electrons. The monoisotopic (exact) mass is 502 g/mol. The molecule has 0 bridgehead atoms. The fraction of sp³-hybridized carbons (Fsp3) is 0.200. The molecule has 0 aliphatic carbocycles. The molecule has 3 aromatic rings. The average molecular weight is 503 g/mol. The van der Waals surface area contributed by atoms with Crippen molar-refractivity contribution in [2.45, 2.75) is 23.6 Å². The molecule has 3 rings (SSSR count). The Kier molecular flexibility index (Phi) is 8.04. The Bertz CT molecular complexity index is 1350. The molecule has 0 fully saturated rings. The first-order chi connectivity index (χ1) is 16.0. The molecule has 0 aromatic heterocycles. The average Bonchev–Trinajstić information content (AvgIpc) is 2.79. The molecule has 0 heterocycles. The Hall–Kier alpha value is -2.85. The molecule has 1 N–H and O–H groups in total. The number of nitrogens with zero attached hydrogens (tertiary/aromatic N) is 1. The van der Waals surface area contributed by atoms with Gasteiger partial charge in [0, 0.05) is 19.6 Å². The molecule has 0 aliphatic rings. The van der Waals surface area contributed by atoms with E-state index >= 15 is 0 Å². The molecule has 6 nitrogen and oxygen atoms in total. The van der Waals surface area contributed by atoms with Crippen molar-refractivity contribution in [3.8, 4) is 0 Å². The van der Waals surface area contributed by atoms with E-state index in [2.05, 4.69) is 11.3 Å². The zero-order valence-electron chi connectivity index (χ0n) is 19.0. The lowest BCUT2D eigenvalue weighted by atomic mass is 10.1. The third-order valence-electron chi connectivity index (χ3n) is 5.26. The number of rotatable bonds is 10. The topological polar surface area (TPSA) is 83.6 Å². The molecule has 9 heteroatoms. The van der Waals surface area contributed by atoms with E-state index in [-0.39, 0.29) is 29.4 Å². The molecular weight excluding hydrogens is 475 g/mol. The summed E-state index contributed by atoms with van der Waals surface area (Å²) in [6.45, 7) is 7.31. The number of hydrogen-bond acceptors (Lipinski definition) is 4. The molecule has 180 valence electrons. The van der Waals surface area contributed by atoms with E-state index in [1.807, 2.05) is 13.8 Å². The molecule has 0 saturated carbocycles. The van der Waals surface area contributed by atoms with E-state index in [0.717, 1.165) is 11.1 Å². The number of hydrogen-bond donors (Lipinski definition) is 1. The maximum absolute atomic E-state index is 13.4. The fourth-order valence-electron chi connectivity index (χ4n) is 3.24. The first kappa shape index (κ1) is 25.8. The van der Waals surface area contributed by atoms with Crippen LogP contribution in [0.15, 0.2) is 89.2 Å². The molecule has 0 spiro atoms. The van der Waals surface area contributed by atoms with Gasteiger partial charge in [-0.1, -0.05) is 54.1 Å². The van der Waals surface area contributed by atoms with Crippen LogP contribution in [0.3, 0.4) is 0 Å². The van der Waals surface area contributed by atoms with Crippen LogP contribution in [0.25, 0.3) is 5.57 Å². The molecular formula is C25H27FN2O4S2. The molecule has 0 saturated heterocycles. The van der Waals surface area contributed by atoms with Crippen LogP contribution >= 0.6 is 0 Å². The van der Waals surface area contributed by atoms with Gasteiger partial charge < -0.3 is 0 Å². The number of nitrogens with one attached hydrogen (secondary N) is 1. The van der Waals surface area contributed by atoms with Crippen molar-refractivity contribution in [3.05, 3.63) is 102 Å². The lowest BCUT2D eigenvalue weighted by molar-refractivity contribution is 0.447. The first-order valence-corrected chi connectivity index (χ1v) is 13.5. The predicted molar refractivity (Wildman–Crippen MR) is 132 cm³/mol. The third-order valence-corrected chi connectivity index (χ3v) is 8.60. The number of sulfonamides is 2. The Morgan fingerprint density at radius 2 is 1.32 bits per heavy atom. The zero-order chi connectivity index (χ0) is 24.9. The van der Waals surface area contributed by atoms with Crippen molar-refractivity contribution in [1.29, 1.82) is 0 Å². The fourth-order valence-corrected chi connectivity index (χ4v) is 5.70. The van der Waals surface area contributed by atoms with Gasteiger partial charge in [-0.15, -0.1) is 0 Å². The minimum Gasteiger partial charge on any atom is -0.210 e. The summed E-state index contributed by atoms with van der Waals surface area (Å²) in [6, 6.07) is 18.4. The van der Waals surface area contributed by atoms with Crippen LogP contribution in [-0.2, 0) is 20.0 Å². The summed E-state index contributed by atoms with van der Waals surface area (Å²) in [5.74, 6) is -0.411. The van der Waals surface area contributed by atoms with Crippen molar-refractivity contribution in [2.24, 2.45) is 0 Å². The number of halogens is 1. The van der Waals surface area contributed by atoms with Crippen LogP contribution in [0.5, 0.6) is 0 Å². The Labute approximate surface area is 200 Å². The summed E-state index contributed by atoms with van der Waals surface area (Å²) in [4.78, 5) is 0.188. The van der Waals surface area contributed by atoms with Gasteiger partial charge in [0.15, 0.2) is 0 Å². The van der Waals surface area contributed by atoms with Crippen LogP contribution in [0, 0.1) is 19.7 Å². The van der Waals surface area contributed by atoms with Crippen molar-refractivity contribution in [2.75, 3.05) is 19.6 Å². The van der Waals surface area contributed by atoms with E-state index in [0.29, 0.717) is 11.1 Å². The predicted octanol–water partition coefficient (Wildman–Crippen LogP) is 4.13.